The minimum Gasteiger partial charge on any atom is -0.497 e. The molecule has 2 unspecified atom stereocenters. The third kappa shape index (κ3) is 5.11. The summed E-state index contributed by atoms with van der Waals surface area (Å²) in [5.41, 5.74) is 0.664. The Morgan fingerprint density at radius 1 is 1.26 bits per heavy atom. The number of quaternary nitrogens is 1. The smallest absolute Gasteiger partial charge is 0.230 e. The van der Waals surface area contributed by atoms with Crippen LogP contribution in [-0.2, 0) is 9.53 Å². The second-order valence-electron chi connectivity index (χ2n) is 6.03. The molecule has 0 aromatic heterocycles. The van der Waals surface area contributed by atoms with Crippen molar-refractivity contribution in [3.63, 3.8) is 0 Å². The highest BCUT2D eigenvalue weighted by atomic mass is 16.5. The Morgan fingerprint density at radius 2 is 1.96 bits per heavy atom. The monoisotopic (exact) mass is 323 g/mol. The lowest BCUT2D eigenvalue weighted by atomic mass is 10.2. The van der Waals surface area contributed by atoms with Crippen molar-refractivity contribution in [1.29, 1.82) is 0 Å². The molecule has 1 fully saturated rings. The van der Waals surface area contributed by atoms with Crippen LogP contribution in [0.4, 0.5) is 5.69 Å². The van der Waals surface area contributed by atoms with E-state index < -0.39 is 0 Å². The van der Waals surface area contributed by atoms with Gasteiger partial charge in [-0.3, -0.25) is 4.79 Å². The molecule has 2 N–H and O–H groups in total. The van der Waals surface area contributed by atoms with Gasteiger partial charge in [-0.1, -0.05) is 0 Å². The molecular weight excluding hydrogens is 296 g/mol. The molecule has 0 bridgehead atoms. The van der Waals surface area contributed by atoms with Gasteiger partial charge >= 0.3 is 0 Å². The summed E-state index contributed by atoms with van der Waals surface area (Å²) in [6.45, 7) is 6.87. The van der Waals surface area contributed by atoms with Gasteiger partial charge in [-0.15, -0.1) is 0 Å². The molecule has 0 radical (unpaired) electrons. The number of ether oxygens (including phenoxy) is 3. The van der Waals surface area contributed by atoms with E-state index in [-0.39, 0.29) is 18.1 Å². The maximum atomic E-state index is 12.2. The van der Waals surface area contributed by atoms with Crippen LogP contribution in [0.15, 0.2) is 18.2 Å². The number of anilines is 1. The molecule has 1 aromatic rings. The highest BCUT2D eigenvalue weighted by molar-refractivity contribution is 5.92. The zero-order valence-electron chi connectivity index (χ0n) is 14.3. The molecule has 1 amide bonds. The average molecular weight is 323 g/mol. The van der Waals surface area contributed by atoms with Crippen molar-refractivity contribution >= 4 is 11.6 Å². The molecule has 23 heavy (non-hydrogen) atoms. The molecule has 2 rings (SSSR count). The summed E-state index contributed by atoms with van der Waals surface area (Å²) in [7, 11) is 3.17. The standard InChI is InChI=1S/C17H26N2O4/c1-12-10-19(11-13(2)23-12)8-7-17(20)18-15-6-5-14(21-3)9-16(15)22-4/h5-6,9,12-13H,7-8,10-11H2,1-4H3,(H,18,20)/p+1. The Hall–Kier alpha value is -1.79. The summed E-state index contributed by atoms with van der Waals surface area (Å²) in [5.74, 6) is 1.28. The third-order valence-corrected chi connectivity index (χ3v) is 4.01. The fourth-order valence-corrected chi connectivity index (χ4v) is 3.00. The van der Waals surface area contributed by atoms with Gasteiger partial charge in [0.2, 0.25) is 5.91 Å². The summed E-state index contributed by atoms with van der Waals surface area (Å²) in [4.78, 5) is 13.6. The van der Waals surface area contributed by atoms with Crippen LogP contribution < -0.4 is 19.7 Å². The van der Waals surface area contributed by atoms with Crippen molar-refractivity contribution in [1.82, 2.24) is 0 Å². The van der Waals surface area contributed by atoms with Crippen molar-refractivity contribution in [3.8, 4) is 11.5 Å². The molecule has 0 aliphatic carbocycles. The quantitative estimate of drug-likeness (QED) is 0.810. The molecule has 1 aliphatic rings. The van der Waals surface area contributed by atoms with Gasteiger partial charge in [0.05, 0.1) is 32.9 Å². The number of nitrogens with one attached hydrogen (secondary N) is 2. The first-order valence-corrected chi connectivity index (χ1v) is 8.02. The third-order valence-electron chi connectivity index (χ3n) is 4.01. The minimum atomic E-state index is -0.00670. The van der Waals surface area contributed by atoms with E-state index in [1.54, 1.807) is 32.4 Å². The van der Waals surface area contributed by atoms with Crippen LogP contribution in [0.2, 0.25) is 0 Å². The highest BCUT2D eigenvalue weighted by Gasteiger charge is 2.25. The molecule has 1 aromatic carbocycles. The zero-order chi connectivity index (χ0) is 16.8. The van der Waals surface area contributed by atoms with Crippen molar-refractivity contribution in [2.24, 2.45) is 0 Å². The van der Waals surface area contributed by atoms with E-state index >= 15 is 0 Å². The lowest BCUT2D eigenvalue weighted by molar-refractivity contribution is -0.914. The minimum absolute atomic E-state index is 0.00670. The van der Waals surface area contributed by atoms with Gasteiger partial charge < -0.3 is 24.4 Å². The number of rotatable bonds is 6. The molecular formula is C17H27N2O4+. The molecule has 1 aliphatic heterocycles. The van der Waals surface area contributed by atoms with Gasteiger partial charge in [-0.05, 0) is 26.0 Å². The zero-order valence-corrected chi connectivity index (χ0v) is 14.3. The van der Waals surface area contributed by atoms with Crippen molar-refractivity contribution in [2.45, 2.75) is 32.5 Å². The molecule has 0 saturated carbocycles. The first kappa shape index (κ1) is 17.6. The van der Waals surface area contributed by atoms with E-state index in [9.17, 15) is 4.79 Å². The van der Waals surface area contributed by atoms with Gasteiger partial charge in [0.15, 0.2) is 0 Å². The molecule has 1 saturated heterocycles. The first-order chi connectivity index (χ1) is 11.0. The second kappa shape index (κ2) is 8.17. The number of morpholine rings is 1. The lowest BCUT2D eigenvalue weighted by Crippen LogP contribution is -3.15. The SMILES string of the molecule is COc1ccc(NC(=O)CC[NH+]2CC(C)OC(C)C2)c(OC)c1. The number of hydrogen-bond acceptors (Lipinski definition) is 4. The van der Waals surface area contributed by atoms with Crippen LogP contribution in [0.5, 0.6) is 11.5 Å². The van der Waals surface area contributed by atoms with Crippen LogP contribution >= 0.6 is 0 Å². The Morgan fingerprint density at radius 3 is 2.57 bits per heavy atom. The number of benzene rings is 1. The van der Waals surface area contributed by atoms with E-state index in [0.717, 1.165) is 19.6 Å². The van der Waals surface area contributed by atoms with Gasteiger partial charge in [0.1, 0.15) is 36.8 Å². The van der Waals surface area contributed by atoms with E-state index in [2.05, 4.69) is 19.2 Å². The fourth-order valence-electron chi connectivity index (χ4n) is 3.00. The number of carbonyl (C=O) groups excluding carboxylic acids is 1. The molecule has 128 valence electrons. The van der Waals surface area contributed by atoms with Crippen molar-refractivity contribution in [3.05, 3.63) is 18.2 Å². The van der Waals surface area contributed by atoms with E-state index in [1.807, 2.05) is 0 Å². The summed E-state index contributed by atoms with van der Waals surface area (Å²) in [6, 6.07) is 5.35. The summed E-state index contributed by atoms with van der Waals surface area (Å²) < 4.78 is 16.2. The number of hydrogen-bond donors (Lipinski definition) is 2. The first-order valence-electron chi connectivity index (χ1n) is 8.02. The van der Waals surface area contributed by atoms with Crippen LogP contribution in [-0.4, -0.2) is 52.0 Å². The predicted molar refractivity (Wildman–Crippen MR) is 88.4 cm³/mol. The van der Waals surface area contributed by atoms with Gasteiger partial charge in [-0.2, -0.15) is 0 Å². The highest BCUT2D eigenvalue weighted by Crippen LogP contribution is 2.28. The summed E-state index contributed by atoms with van der Waals surface area (Å²) in [5, 5.41) is 2.91. The average Bonchev–Trinajstić information content (AvgIpc) is 2.52. The second-order valence-corrected chi connectivity index (χ2v) is 6.03. The molecule has 2 atom stereocenters. The Bertz CT molecular complexity index is 525. The number of methoxy groups -OCH3 is 2. The molecule has 1 heterocycles. The van der Waals surface area contributed by atoms with Crippen LogP contribution in [0.1, 0.15) is 20.3 Å². The fraction of sp³-hybridized carbons (Fsp3) is 0.588. The molecule has 6 heteroatoms. The molecule has 0 spiro atoms. The summed E-state index contributed by atoms with van der Waals surface area (Å²) in [6.07, 6.45) is 0.973. The number of amides is 1. The van der Waals surface area contributed by atoms with E-state index in [4.69, 9.17) is 14.2 Å². The van der Waals surface area contributed by atoms with E-state index in [1.165, 1.54) is 4.90 Å². The van der Waals surface area contributed by atoms with Crippen LogP contribution in [0, 0.1) is 0 Å². The predicted octanol–water partition coefficient (Wildman–Crippen LogP) is 0.725. The maximum Gasteiger partial charge on any atom is 0.230 e. The van der Waals surface area contributed by atoms with Crippen molar-refractivity contribution in [2.75, 3.05) is 39.2 Å². The molecule has 6 nitrogen and oxygen atoms in total. The van der Waals surface area contributed by atoms with Crippen LogP contribution in [0.25, 0.3) is 0 Å². The van der Waals surface area contributed by atoms with Crippen molar-refractivity contribution < 1.29 is 23.9 Å². The van der Waals surface area contributed by atoms with Crippen LogP contribution in [0.3, 0.4) is 0 Å². The largest absolute Gasteiger partial charge is 0.497 e. The maximum absolute atomic E-state index is 12.2. The van der Waals surface area contributed by atoms with Gasteiger partial charge in [0.25, 0.3) is 0 Å². The number of carbonyl (C=O) groups is 1. The normalized spacial score (nSPS) is 24.1. The van der Waals surface area contributed by atoms with E-state index in [0.29, 0.717) is 23.6 Å². The Balaban J connectivity index is 1.87. The Kier molecular flexibility index (Phi) is 6.24. The van der Waals surface area contributed by atoms with Gasteiger partial charge in [-0.25, -0.2) is 0 Å². The topological polar surface area (TPSA) is 61.2 Å². The Labute approximate surface area is 137 Å². The lowest BCUT2D eigenvalue weighted by Gasteiger charge is -2.32. The van der Waals surface area contributed by atoms with Gasteiger partial charge in [0, 0.05) is 6.07 Å². The summed E-state index contributed by atoms with van der Waals surface area (Å²) >= 11 is 0.